The summed E-state index contributed by atoms with van der Waals surface area (Å²) in [6, 6.07) is 8.04. The molecule has 1 fully saturated rings. The van der Waals surface area contributed by atoms with Gasteiger partial charge in [-0.2, -0.15) is 0 Å². The Bertz CT molecular complexity index is 554. The van der Waals surface area contributed by atoms with Gasteiger partial charge < -0.3 is 19.7 Å². The summed E-state index contributed by atoms with van der Waals surface area (Å²) in [5, 5.41) is 2.85. The largest absolute Gasteiger partial charge is 0.497 e. The Morgan fingerprint density at radius 2 is 1.76 bits per heavy atom. The zero-order chi connectivity index (χ0) is 18.1. The number of anilines is 1. The minimum atomic E-state index is -0.246. The van der Waals surface area contributed by atoms with E-state index in [1.807, 2.05) is 12.1 Å². The number of benzene rings is 1. The third kappa shape index (κ3) is 6.26. The Kier molecular flexibility index (Phi) is 7.53. The molecular weight excluding hydrogens is 322 g/mol. The molecule has 0 atom stereocenters. The maximum Gasteiger partial charge on any atom is 0.305 e. The first-order valence-electron chi connectivity index (χ1n) is 8.57. The Labute approximate surface area is 148 Å². The minimum Gasteiger partial charge on any atom is -0.497 e. The van der Waals surface area contributed by atoms with Gasteiger partial charge in [0.1, 0.15) is 5.75 Å². The molecule has 0 bridgehead atoms. The van der Waals surface area contributed by atoms with Crippen LogP contribution < -0.4 is 15.0 Å². The van der Waals surface area contributed by atoms with Crippen molar-refractivity contribution in [2.45, 2.75) is 12.8 Å². The number of amides is 1. The molecule has 7 nitrogen and oxygen atoms in total. The zero-order valence-electron chi connectivity index (χ0n) is 15.0. The van der Waals surface area contributed by atoms with Gasteiger partial charge in [0, 0.05) is 44.8 Å². The minimum absolute atomic E-state index is 0.00256. The first kappa shape index (κ1) is 19.1. The predicted molar refractivity (Wildman–Crippen MR) is 95.9 cm³/mol. The molecule has 1 heterocycles. The normalized spacial score (nSPS) is 14.9. The molecule has 7 heteroatoms. The monoisotopic (exact) mass is 349 g/mol. The smallest absolute Gasteiger partial charge is 0.305 e. The number of nitrogens with one attached hydrogen (secondary N) is 1. The van der Waals surface area contributed by atoms with Crippen molar-refractivity contribution in [1.82, 2.24) is 10.2 Å². The standard InChI is InChI=1S/C18H27N3O4/c1-24-16-7-5-15(6-8-16)21-12-10-20(11-13-21)14-17(22)19-9-3-4-18(23)25-2/h5-8H,3-4,9-14H2,1-2H3,(H,19,22). The van der Waals surface area contributed by atoms with Crippen molar-refractivity contribution in [3.63, 3.8) is 0 Å². The van der Waals surface area contributed by atoms with E-state index in [-0.39, 0.29) is 11.9 Å². The third-order valence-electron chi connectivity index (χ3n) is 4.28. The topological polar surface area (TPSA) is 71.1 Å². The molecule has 0 spiro atoms. The molecule has 0 radical (unpaired) electrons. The molecule has 0 aromatic heterocycles. The van der Waals surface area contributed by atoms with Gasteiger partial charge in [0.25, 0.3) is 0 Å². The number of carbonyl (C=O) groups is 2. The number of hydrogen-bond acceptors (Lipinski definition) is 6. The number of piperazine rings is 1. The van der Waals surface area contributed by atoms with E-state index in [0.29, 0.717) is 25.9 Å². The first-order chi connectivity index (χ1) is 12.1. The number of hydrogen-bond donors (Lipinski definition) is 1. The lowest BCUT2D eigenvalue weighted by Gasteiger charge is -2.35. The van der Waals surface area contributed by atoms with E-state index in [1.165, 1.54) is 12.8 Å². The van der Waals surface area contributed by atoms with E-state index >= 15 is 0 Å². The molecule has 1 aliphatic rings. The van der Waals surface area contributed by atoms with Crippen LogP contribution in [0.5, 0.6) is 5.75 Å². The maximum absolute atomic E-state index is 12.0. The summed E-state index contributed by atoms with van der Waals surface area (Å²) in [5.74, 6) is 0.609. The van der Waals surface area contributed by atoms with Gasteiger partial charge in [-0.15, -0.1) is 0 Å². The van der Waals surface area contributed by atoms with Crippen LogP contribution in [0.1, 0.15) is 12.8 Å². The van der Waals surface area contributed by atoms with Crippen molar-refractivity contribution in [2.75, 3.05) is 58.4 Å². The maximum atomic E-state index is 12.0. The lowest BCUT2D eigenvalue weighted by atomic mass is 10.2. The number of ether oxygens (including phenoxy) is 2. The Morgan fingerprint density at radius 3 is 2.36 bits per heavy atom. The second-order valence-corrected chi connectivity index (χ2v) is 5.99. The Balaban J connectivity index is 1.65. The zero-order valence-corrected chi connectivity index (χ0v) is 15.0. The van der Waals surface area contributed by atoms with E-state index < -0.39 is 0 Å². The first-order valence-corrected chi connectivity index (χ1v) is 8.57. The molecule has 1 amide bonds. The Morgan fingerprint density at radius 1 is 1.08 bits per heavy atom. The van der Waals surface area contributed by atoms with E-state index in [0.717, 1.165) is 31.9 Å². The summed E-state index contributed by atoms with van der Waals surface area (Å²) in [7, 11) is 3.03. The number of nitrogens with zero attached hydrogens (tertiary/aromatic N) is 2. The fourth-order valence-electron chi connectivity index (χ4n) is 2.78. The van der Waals surface area contributed by atoms with Crippen molar-refractivity contribution < 1.29 is 19.1 Å². The van der Waals surface area contributed by atoms with Crippen LogP contribution in [0.4, 0.5) is 5.69 Å². The van der Waals surface area contributed by atoms with Crippen LogP contribution in [0.25, 0.3) is 0 Å². The van der Waals surface area contributed by atoms with Gasteiger partial charge in [0.15, 0.2) is 0 Å². The highest BCUT2D eigenvalue weighted by Gasteiger charge is 2.19. The van der Waals surface area contributed by atoms with Gasteiger partial charge in [0.2, 0.25) is 5.91 Å². The number of carbonyl (C=O) groups excluding carboxylic acids is 2. The lowest BCUT2D eigenvalue weighted by molar-refractivity contribution is -0.140. The number of methoxy groups -OCH3 is 2. The van der Waals surface area contributed by atoms with Crippen LogP contribution in [0.3, 0.4) is 0 Å². The van der Waals surface area contributed by atoms with Crippen LogP contribution >= 0.6 is 0 Å². The van der Waals surface area contributed by atoms with Gasteiger partial charge >= 0.3 is 5.97 Å². The molecule has 1 aromatic rings. The highest BCUT2D eigenvalue weighted by atomic mass is 16.5. The fourth-order valence-corrected chi connectivity index (χ4v) is 2.78. The van der Waals surface area contributed by atoms with Gasteiger partial charge in [0.05, 0.1) is 20.8 Å². The van der Waals surface area contributed by atoms with Crippen molar-refractivity contribution >= 4 is 17.6 Å². The number of esters is 1. The summed E-state index contributed by atoms with van der Waals surface area (Å²) < 4.78 is 9.75. The molecule has 0 aliphatic carbocycles. The van der Waals surface area contributed by atoms with Crippen molar-refractivity contribution in [3.05, 3.63) is 24.3 Å². The van der Waals surface area contributed by atoms with Gasteiger partial charge in [-0.3, -0.25) is 14.5 Å². The molecule has 1 aromatic carbocycles. The molecular formula is C18H27N3O4. The summed E-state index contributed by atoms with van der Waals surface area (Å²) in [4.78, 5) is 27.4. The van der Waals surface area contributed by atoms with E-state index in [9.17, 15) is 9.59 Å². The molecule has 1 aliphatic heterocycles. The second-order valence-electron chi connectivity index (χ2n) is 5.99. The Hall–Kier alpha value is -2.28. The third-order valence-corrected chi connectivity index (χ3v) is 4.28. The second kappa shape index (κ2) is 9.88. The lowest BCUT2D eigenvalue weighted by Crippen LogP contribution is -2.49. The highest BCUT2D eigenvalue weighted by molar-refractivity contribution is 5.78. The van der Waals surface area contributed by atoms with Crippen LogP contribution in [-0.4, -0.2) is 70.3 Å². The molecule has 2 rings (SSSR count). The van der Waals surface area contributed by atoms with E-state index in [1.54, 1.807) is 7.11 Å². The van der Waals surface area contributed by atoms with E-state index in [2.05, 4.69) is 32.0 Å². The molecule has 138 valence electrons. The average Bonchev–Trinajstić information content (AvgIpc) is 2.65. The van der Waals surface area contributed by atoms with E-state index in [4.69, 9.17) is 4.74 Å². The molecule has 0 unspecified atom stereocenters. The fraction of sp³-hybridized carbons (Fsp3) is 0.556. The highest BCUT2D eigenvalue weighted by Crippen LogP contribution is 2.20. The van der Waals surface area contributed by atoms with Crippen LogP contribution in [0.2, 0.25) is 0 Å². The summed E-state index contributed by atoms with van der Waals surface area (Å²) >= 11 is 0. The quantitative estimate of drug-likeness (QED) is 0.555. The van der Waals surface area contributed by atoms with Crippen LogP contribution in [0, 0.1) is 0 Å². The number of rotatable bonds is 8. The van der Waals surface area contributed by atoms with Gasteiger partial charge in [-0.1, -0.05) is 0 Å². The molecule has 25 heavy (non-hydrogen) atoms. The van der Waals surface area contributed by atoms with Crippen LogP contribution in [0.15, 0.2) is 24.3 Å². The molecule has 0 saturated carbocycles. The van der Waals surface area contributed by atoms with Crippen molar-refractivity contribution in [2.24, 2.45) is 0 Å². The van der Waals surface area contributed by atoms with Crippen molar-refractivity contribution in [3.8, 4) is 5.75 Å². The summed E-state index contributed by atoms with van der Waals surface area (Å²) in [6.45, 7) is 4.38. The van der Waals surface area contributed by atoms with Gasteiger partial charge in [-0.25, -0.2) is 0 Å². The molecule has 1 saturated heterocycles. The van der Waals surface area contributed by atoms with Gasteiger partial charge in [-0.05, 0) is 30.7 Å². The predicted octanol–water partition coefficient (Wildman–Crippen LogP) is 0.887. The van der Waals surface area contributed by atoms with Crippen molar-refractivity contribution in [1.29, 1.82) is 0 Å². The summed E-state index contributed by atoms with van der Waals surface area (Å²) in [5.41, 5.74) is 1.17. The van der Waals surface area contributed by atoms with Crippen LogP contribution in [-0.2, 0) is 14.3 Å². The summed E-state index contributed by atoms with van der Waals surface area (Å²) in [6.07, 6.45) is 0.932. The average molecular weight is 349 g/mol. The molecule has 1 N–H and O–H groups in total. The SMILES string of the molecule is COC(=O)CCCNC(=O)CN1CCN(c2ccc(OC)cc2)CC1.